The Hall–Kier alpha value is -2.84. The van der Waals surface area contributed by atoms with Crippen molar-refractivity contribution in [2.45, 2.75) is 42.8 Å². The number of nitrogens with one attached hydrogen (secondary N) is 2. The molecule has 1 atom stereocenters. The fourth-order valence-corrected chi connectivity index (χ4v) is 5.44. The van der Waals surface area contributed by atoms with Gasteiger partial charge >= 0.3 is 6.03 Å². The van der Waals surface area contributed by atoms with Crippen LogP contribution in [0.2, 0.25) is 0 Å². The molecule has 0 spiro atoms. The molecule has 3 fully saturated rings. The number of carbonyl (C=O) groups excluding carboxylic acids is 1. The van der Waals surface area contributed by atoms with Crippen molar-refractivity contribution in [3.05, 3.63) is 71.0 Å². The lowest BCUT2D eigenvalue weighted by molar-refractivity contribution is -0.0958. The normalized spacial score (nSPS) is 29.1. The highest BCUT2D eigenvalue weighted by Crippen LogP contribution is 2.60. The highest BCUT2D eigenvalue weighted by Gasteiger charge is 2.68. The molecule has 3 saturated carbocycles. The van der Waals surface area contributed by atoms with Crippen LogP contribution in [0.1, 0.15) is 42.0 Å². The molecule has 0 radical (unpaired) electrons. The summed E-state index contributed by atoms with van der Waals surface area (Å²) in [5.41, 5.74) is 3.30. The topological polar surface area (TPSA) is 44.4 Å². The number of nitrogens with zero attached hydrogens (tertiary/aromatic N) is 1. The summed E-state index contributed by atoms with van der Waals surface area (Å²) in [5, 5.41) is 6.70. The monoisotopic (exact) mass is 389 g/mol. The first kappa shape index (κ1) is 18.2. The van der Waals surface area contributed by atoms with Crippen molar-refractivity contribution < 1.29 is 9.18 Å². The van der Waals surface area contributed by atoms with Crippen LogP contribution in [0.3, 0.4) is 0 Å². The smallest absolute Gasteiger partial charge is 0.318 e. The quantitative estimate of drug-likeness (QED) is 0.788. The van der Waals surface area contributed by atoms with Crippen LogP contribution in [0.15, 0.2) is 48.5 Å². The third-order valence-corrected chi connectivity index (χ3v) is 6.70. The molecule has 4 aliphatic rings. The first-order valence-electron chi connectivity index (χ1n) is 10.1. The molecule has 29 heavy (non-hydrogen) atoms. The molecule has 0 aromatic heterocycles. The number of halogens is 1. The van der Waals surface area contributed by atoms with Crippen molar-refractivity contribution >= 4 is 6.03 Å². The number of hydrogen-bond donors (Lipinski definition) is 2. The maximum absolute atomic E-state index is 13.5. The van der Waals surface area contributed by atoms with E-state index >= 15 is 0 Å². The molecule has 3 aliphatic carbocycles. The van der Waals surface area contributed by atoms with Gasteiger partial charge in [-0.05, 0) is 54.5 Å². The van der Waals surface area contributed by atoms with E-state index in [9.17, 15) is 9.18 Å². The zero-order valence-electron chi connectivity index (χ0n) is 16.2. The number of fused-ring (bicyclic) bond motifs is 1. The molecule has 5 heteroatoms. The largest absolute Gasteiger partial charge is 0.332 e. The SMILES string of the molecule is C#CCNC12CC(NC(=O)N3CCc4ccccc4[C@@H]3c3ccc(F)cc3)(C1)C2. The first-order valence-corrected chi connectivity index (χ1v) is 10.1. The molecule has 2 amide bonds. The van der Waals surface area contributed by atoms with Crippen molar-refractivity contribution in [2.75, 3.05) is 13.1 Å². The van der Waals surface area contributed by atoms with Gasteiger partial charge in [-0.25, -0.2) is 9.18 Å². The Morgan fingerprint density at radius 3 is 2.59 bits per heavy atom. The standard InChI is InChI=1S/C24H24FN3O/c1-2-12-26-23-14-24(15-23,16-23)27-22(29)28-13-11-17-5-3-4-6-20(17)21(28)18-7-9-19(25)10-8-18/h1,3-10,21,26H,11-16H2,(H,27,29)/t21-,23?,24?/m0/s1. The van der Waals surface area contributed by atoms with E-state index in [0.717, 1.165) is 36.8 Å². The number of terminal acetylenes is 1. The van der Waals surface area contributed by atoms with Crippen LogP contribution in [0.25, 0.3) is 0 Å². The lowest BCUT2D eigenvalue weighted by Gasteiger charge is -2.70. The second-order valence-electron chi connectivity index (χ2n) is 8.68. The van der Waals surface area contributed by atoms with E-state index in [1.165, 1.54) is 17.7 Å². The lowest BCUT2D eigenvalue weighted by atomic mass is 9.44. The van der Waals surface area contributed by atoms with Crippen molar-refractivity contribution in [3.63, 3.8) is 0 Å². The van der Waals surface area contributed by atoms with Gasteiger partial charge in [0, 0.05) is 17.6 Å². The third kappa shape index (κ3) is 2.99. The van der Waals surface area contributed by atoms with Gasteiger partial charge in [0.05, 0.1) is 12.6 Å². The molecule has 2 bridgehead atoms. The van der Waals surface area contributed by atoms with E-state index in [1.54, 1.807) is 12.1 Å². The van der Waals surface area contributed by atoms with E-state index < -0.39 is 0 Å². The molecule has 148 valence electrons. The highest BCUT2D eigenvalue weighted by atomic mass is 19.1. The van der Waals surface area contributed by atoms with Gasteiger partial charge in [0.25, 0.3) is 0 Å². The van der Waals surface area contributed by atoms with E-state index in [2.05, 4.69) is 28.7 Å². The minimum atomic E-state index is -0.271. The average molecular weight is 389 g/mol. The van der Waals surface area contributed by atoms with E-state index in [0.29, 0.717) is 13.1 Å². The van der Waals surface area contributed by atoms with Gasteiger partial charge in [-0.2, -0.15) is 0 Å². The fourth-order valence-electron chi connectivity index (χ4n) is 5.44. The van der Waals surface area contributed by atoms with Gasteiger partial charge in [0.15, 0.2) is 0 Å². The second-order valence-corrected chi connectivity index (χ2v) is 8.68. The Morgan fingerprint density at radius 2 is 1.86 bits per heavy atom. The molecule has 1 aliphatic heterocycles. The summed E-state index contributed by atoms with van der Waals surface area (Å²) < 4.78 is 13.5. The summed E-state index contributed by atoms with van der Waals surface area (Å²) in [5.74, 6) is 2.35. The molecular weight excluding hydrogens is 365 g/mol. The van der Waals surface area contributed by atoms with Crippen molar-refractivity contribution in [2.24, 2.45) is 0 Å². The number of carbonyl (C=O) groups is 1. The molecule has 0 unspecified atom stereocenters. The molecule has 2 N–H and O–H groups in total. The highest BCUT2D eigenvalue weighted by molar-refractivity contribution is 5.78. The zero-order valence-corrected chi connectivity index (χ0v) is 16.2. The minimum absolute atomic E-state index is 0.0425. The van der Waals surface area contributed by atoms with Gasteiger partial charge in [0.2, 0.25) is 0 Å². The van der Waals surface area contributed by atoms with Crippen LogP contribution < -0.4 is 10.6 Å². The van der Waals surface area contributed by atoms with Crippen molar-refractivity contribution in [1.82, 2.24) is 15.5 Å². The van der Waals surface area contributed by atoms with Crippen LogP contribution in [-0.4, -0.2) is 35.1 Å². The summed E-state index contributed by atoms with van der Waals surface area (Å²) in [4.78, 5) is 15.2. The number of benzene rings is 2. The van der Waals surface area contributed by atoms with E-state index in [4.69, 9.17) is 6.42 Å². The van der Waals surface area contributed by atoms with Crippen molar-refractivity contribution in [3.8, 4) is 12.3 Å². The molecular formula is C24H24FN3O. The van der Waals surface area contributed by atoms with Crippen LogP contribution in [0, 0.1) is 18.2 Å². The Kier molecular flexibility index (Phi) is 4.15. The Bertz CT molecular complexity index is 974. The minimum Gasteiger partial charge on any atom is -0.332 e. The average Bonchev–Trinajstić information content (AvgIpc) is 2.68. The summed E-state index contributed by atoms with van der Waals surface area (Å²) in [6.07, 6.45) is 8.96. The van der Waals surface area contributed by atoms with Crippen LogP contribution in [0.5, 0.6) is 0 Å². The van der Waals surface area contributed by atoms with Gasteiger partial charge in [-0.3, -0.25) is 0 Å². The predicted molar refractivity (Wildman–Crippen MR) is 110 cm³/mol. The Labute approximate surface area is 170 Å². The maximum atomic E-state index is 13.5. The Morgan fingerprint density at radius 1 is 1.14 bits per heavy atom. The predicted octanol–water partition coefficient (Wildman–Crippen LogP) is 3.38. The molecule has 2 aromatic rings. The molecule has 6 rings (SSSR count). The van der Waals surface area contributed by atoms with Crippen LogP contribution in [-0.2, 0) is 6.42 Å². The maximum Gasteiger partial charge on any atom is 0.318 e. The summed E-state index contributed by atoms with van der Waals surface area (Å²) in [6, 6.07) is 14.4. The summed E-state index contributed by atoms with van der Waals surface area (Å²) >= 11 is 0. The fraction of sp³-hybridized carbons (Fsp3) is 0.375. The molecule has 0 saturated heterocycles. The number of rotatable bonds is 4. The molecule has 4 nitrogen and oxygen atoms in total. The number of hydrogen-bond acceptors (Lipinski definition) is 2. The Balaban J connectivity index is 1.37. The van der Waals surface area contributed by atoms with Crippen molar-refractivity contribution in [1.29, 1.82) is 0 Å². The third-order valence-electron chi connectivity index (χ3n) is 6.70. The lowest BCUT2D eigenvalue weighted by Crippen LogP contribution is -2.83. The summed E-state index contributed by atoms with van der Waals surface area (Å²) in [7, 11) is 0. The number of urea groups is 1. The zero-order chi connectivity index (χ0) is 20.1. The van der Waals surface area contributed by atoms with Gasteiger partial charge < -0.3 is 15.5 Å². The number of amides is 2. The van der Waals surface area contributed by atoms with Gasteiger partial charge in [-0.1, -0.05) is 42.3 Å². The second kappa shape index (κ2) is 6.60. The van der Waals surface area contributed by atoms with E-state index in [-0.39, 0.29) is 29.0 Å². The van der Waals surface area contributed by atoms with Gasteiger partial charge in [-0.15, -0.1) is 6.42 Å². The molecule has 2 aromatic carbocycles. The van der Waals surface area contributed by atoms with Gasteiger partial charge in [0.1, 0.15) is 5.82 Å². The van der Waals surface area contributed by atoms with Crippen LogP contribution >= 0.6 is 0 Å². The van der Waals surface area contributed by atoms with Crippen LogP contribution in [0.4, 0.5) is 9.18 Å². The first-order chi connectivity index (χ1) is 14.0. The van der Waals surface area contributed by atoms with E-state index in [1.807, 2.05) is 17.0 Å². The molecule has 1 heterocycles. The summed E-state index contributed by atoms with van der Waals surface area (Å²) in [6.45, 7) is 1.21.